The number of anilines is 1. The average molecular weight is 281 g/mol. The van der Waals surface area contributed by atoms with Gasteiger partial charge in [-0.1, -0.05) is 13.8 Å². The van der Waals surface area contributed by atoms with Crippen LogP contribution in [-0.4, -0.2) is 18.1 Å². The summed E-state index contributed by atoms with van der Waals surface area (Å²) in [5, 5.41) is 3.14. The van der Waals surface area contributed by atoms with Gasteiger partial charge in [-0.05, 0) is 56.9 Å². The third-order valence-electron chi connectivity index (χ3n) is 3.00. The van der Waals surface area contributed by atoms with Crippen LogP contribution < -0.4 is 5.32 Å². The number of aryl methyl sites for hydroxylation is 1. The highest BCUT2D eigenvalue weighted by atomic mass is 19.1. The Labute approximate surface area is 120 Å². The first-order chi connectivity index (χ1) is 9.26. The summed E-state index contributed by atoms with van der Waals surface area (Å²) in [6.45, 7) is 9.80. The predicted octanol–water partition coefficient (Wildman–Crippen LogP) is 3.91. The highest BCUT2D eigenvalue weighted by molar-refractivity contribution is 5.84. The summed E-state index contributed by atoms with van der Waals surface area (Å²) >= 11 is 0. The van der Waals surface area contributed by atoms with Crippen molar-refractivity contribution in [1.29, 1.82) is 0 Å². The Kier molecular flexibility index (Phi) is 5.54. The minimum Gasteiger partial charge on any atom is -0.464 e. The van der Waals surface area contributed by atoms with Crippen LogP contribution in [0.4, 0.5) is 10.1 Å². The van der Waals surface area contributed by atoms with Crippen molar-refractivity contribution in [3.05, 3.63) is 29.6 Å². The lowest BCUT2D eigenvalue weighted by molar-refractivity contribution is -0.148. The summed E-state index contributed by atoms with van der Waals surface area (Å²) in [5.41, 5.74) is 0.548. The molecule has 20 heavy (non-hydrogen) atoms. The minimum atomic E-state index is -0.857. The van der Waals surface area contributed by atoms with Crippen molar-refractivity contribution in [2.24, 2.45) is 5.92 Å². The minimum absolute atomic E-state index is 0.310. The summed E-state index contributed by atoms with van der Waals surface area (Å²) in [6.07, 6.45) is 0.612. The molecule has 0 saturated carbocycles. The van der Waals surface area contributed by atoms with Crippen LogP contribution >= 0.6 is 0 Å². The Morgan fingerprint density at radius 3 is 2.55 bits per heavy atom. The molecule has 1 atom stereocenters. The maximum absolute atomic E-state index is 13.5. The monoisotopic (exact) mass is 281 g/mol. The van der Waals surface area contributed by atoms with Gasteiger partial charge in [-0.2, -0.15) is 0 Å². The molecule has 0 aliphatic rings. The number of rotatable bonds is 6. The highest BCUT2D eigenvalue weighted by Gasteiger charge is 2.35. The fourth-order valence-corrected chi connectivity index (χ4v) is 2.42. The van der Waals surface area contributed by atoms with Gasteiger partial charge in [0, 0.05) is 5.69 Å². The van der Waals surface area contributed by atoms with Crippen LogP contribution in [0.5, 0.6) is 0 Å². The number of esters is 1. The van der Waals surface area contributed by atoms with Crippen LogP contribution in [0.15, 0.2) is 18.2 Å². The number of hydrogen-bond acceptors (Lipinski definition) is 3. The molecule has 0 saturated heterocycles. The molecule has 0 aliphatic carbocycles. The van der Waals surface area contributed by atoms with Gasteiger partial charge in [-0.25, -0.2) is 9.18 Å². The normalized spacial score (nSPS) is 13.9. The molecule has 1 rings (SSSR count). The standard InChI is InChI=1S/C16H24FNO2/c1-6-20-15(19)16(5,10-11(2)3)18-14-8-12(4)7-13(17)9-14/h7-9,11,18H,6,10H2,1-5H3. The van der Waals surface area contributed by atoms with Crippen LogP contribution in [0, 0.1) is 18.7 Å². The Morgan fingerprint density at radius 2 is 2.05 bits per heavy atom. The summed E-state index contributed by atoms with van der Waals surface area (Å²) in [5.74, 6) is -0.314. The summed E-state index contributed by atoms with van der Waals surface area (Å²) in [4.78, 5) is 12.2. The topological polar surface area (TPSA) is 38.3 Å². The van der Waals surface area contributed by atoms with E-state index < -0.39 is 5.54 Å². The van der Waals surface area contributed by atoms with Crippen molar-refractivity contribution in [2.75, 3.05) is 11.9 Å². The molecule has 3 nitrogen and oxygen atoms in total. The molecule has 0 amide bonds. The second kappa shape index (κ2) is 6.73. The predicted molar refractivity (Wildman–Crippen MR) is 79.3 cm³/mol. The SMILES string of the molecule is CCOC(=O)C(C)(CC(C)C)Nc1cc(C)cc(F)c1. The van der Waals surface area contributed by atoms with Crippen LogP contribution in [0.2, 0.25) is 0 Å². The molecule has 112 valence electrons. The van der Waals surface area contributed by atoms with Crippen LogP contribution in [0.1, 0.15) is 39.7 Å². The average Bonchev–Trinajstić information content (AvgIpc) is 2.26. The van der Waals surface area contributed by atoms with Crippen molar-refractivity contribution >= 4 is 11.7 Å². The van der Waals surface area contributed by atoms with Crippen molar-refractivity contribution in [3.63, 3.8) is 0 Å². The maximum Gasteiger partial charge on any atom is 0.331 e. The smallest absolute Gasteiger partial charge is 0.331 e. The first-order valence-electron chi connectivity index (χ1n) is 6.99. The Bertz CT molecular complexity index is 453. The lowest BCUT2D eigenvalue weighted by Gasteiger charge is -2.31. The van der Waals surface area contributed by atoms with Gasteiger partial charge in [0.25, 0.3) is 0 Å². The number of nitrogens with one attached hydrogen (secondary N) is 1. The molecule has 0 aromatic heterocycles. The van der Waals surface area contributed by atoms with E-state index in [1.54, 1.807) is 13.8 Å². The quantitative estimate of drug-likeness (QED) is 0.803. The number of halogens is 1. The van der Waals surface area contributed by atoms with E-state index >= 15 is 0 Å². The molecule has 0 radical (unpaired) electrons. The van der Waals surface area contributed by atoms with E-state index in [4.69, 9.17) is 4.74 Å². The molecule has 0 spiro atoms. The van der Waals surface area contributed by atoms with Crippen LogP contribution in [0.3, 0.4) is 0 Å². The van der Waals surface area contributed by atoms with Crippen molar-refractivity contribution in [3.8, 4) is 0 Å². The second-order valence-electron chi connectivity index (χ2n) is 5.79. The molecule has 1 aromatic rings. The number of carbonyl (C=O) groups excluding carboxylic acids is 1. The number of carbonyl (C=O) groups is 1. The van der Waals surface area contributed by atoms with Crippen molar-refractivity contribution in [2.45, 2.75) is 46.6 Å². The van der Waals surface area contributed by atoms with E-state index in [1.807, 2.05) is 26.8 Å². The third kappa shape index (κ3) is 4.51. The zero-order valence-corrected chi connectivity index (χ0v) is 12.9. The highest BCUT2D eigenvalue weighted by Crippen LogP contribution is 2.25. The Morgan fingerprint density at radius 1 is 1.40 bits per heavy atom. The molecule has 4 heteroatoms. The third-order valence-corrected chi connectivity index (χ3v) is 3.00. The molecule has 0 heterocycles. The summed E-state index contributed by atoms with van der Waals surface area (Å²) in [7, 11) is 0. The fraction of sp³-hybridized carbons (Fsp3) is 0.562. The van der Waals surface area contributed by atoms with Crippen LogP contribution in [-0.2, 0) is 9.53 Å². The molecule has 0 fully saturated rings. The van der Waals surface area contributed by atoms with Gasteiger partial charge < -0.3 is 10.1 Å². The van der Waals surface area contributed by atoms with Gasteiger partial charge in [-0.3, -0.25) is 0 Å². The molecule has 0 bridgehead atoms. The van der Waals surface area contributed by atoms with E-state index in [0.717, 1.165) is 5.56 Å². The summed E-state index contributed by atoms with van der Waals surface area (Å²) in [6, 6.07) is 4.67. The van der Waals surface area contributed by atoms with Gasteiger partial charge in [0.15, 0.2) is 0 Å². The lowest BCUT2D eigenvalue weighted by atomic mass is 9.90. The van der Waals surface area contributed by atoms with Crippen molar-refractivity contribution < 1.29 is 13.9 Å². The molecule has 1 N–H and O–H groups in total. The maximum atomic E-state index is 13.5. The van der Waals surface area contributed by atoms with Gasteiger partial charge in [0.2, 0.25) is 0 Å². The zero-order chi connectivity index (χ0) is 15.3. The number of ether oxygens (including phenoxy) is 1. The van der Waals surface area contributed by atoms with E-state index in [1.165, 1.54) is 12.1 Å². The van der Waals surface area contributed by atoms with Gasteiger partial charge in [0.1, 0.15) is 11.4 Å². The van der Waals surface area contributed by atoms with E-state index in [2.05, 4.69) is 5.32 Å². The zero-order valence-electron chi connectivity index (χ0n) is 12.9. The summed E-state index contributed by atoms with van der Waals surface area (Å²) < 4.78 is 18.6. The van der Waals surface area contributed by atoms with Gasteiger partial charge >= 0.3 is 5.97 Å². The van der Waals surface area contributed by atoms with E-state index in [0.29, 0.717) is 24.6 Å². The van der Waals surface area contributed by atoms with E-state index in [-0.39, 0.29) is 11.8 Å². The van der Waals surface area contributed by atoms with Gasteiger partial charge in [-0.15, -0.1) is 0 Å². The first-order valence-corrected chi connectivity index (χ1v) is 6.99. The van der Waals surface area contributed by atoms with Gasteiger partial charge in [0.05, 0.1) is 6.61 Å². The lowest BCUT2D eigenvalue weighted by Crippen LogP contribution is -2.45. The molecule has 1 aromatic carbocycles. The largest absolute Gasteiger partial charge is 0.464 e. The molecule has 1 unspecified atom stereocenters. The molecular weight excluding hydrogens is 257 g/mol. The fourth-order valence-electron chi connectivity index (χ4n) is 2.42. The molecule has 0 aliphatic heterocycles. The van der Waals surface area contributed by atoms with E-state index in [9.17, 15) is 9.18 Å². The first kappa shape index (κ1) is 16.5. The Hall–Kier alpha value is -1.58. The number of benzene rings is 1. The number of hydrogen-bond donors (Lipinski definition) is 1. The van der Waals surface area contributed by atoms with Crippen LogP contribution in [0.25, 0.3) is 0 Å². The molecular formula is C16H24FNO2. The second-order valence-corrected chi connectivity index (χ2v) is 5.79. The Balaban J connectivity index is 3.02. The van der Waals surface area contributed by atoms with Crippen molar-refractivity contribution in [1.82, 2.24) is 0 Å².